The summed E-state index contributed by atoms with van der Waals surface area (Å²) in [6.45, 7) is 5.11. The SMILES string of the molecule is CC1(C)C[C@@H](CC(=O)N[C@@H]2CC3(CCOCC3)Oc3ccccc32)C(=O)O1. The molecule has 0 saturated carbocycles. The zero-order chi connectivity index (χ0) is 19.1. The lowest BCUT2D eigenvalue weighted by Gasteiger charge is -2.44. The topological polar surface area (TPSA) is 73.9 Å². The van der Waals surface area contributed by atoms with Gasteiger partial charge >= 0.3 is 5.97 Å². The molecule has 3 aliphatic rings. The van der Waals surface area contributed by atoms with Gasteiger partial charge in [-0.15, -0.1) is 0 Å². The highest BCUT2D eigenvalue weighted by Crippen LogP contribution is 2.44. The van der Waals surface area contributed by atoms with E-state index in [-0.39, 0.29) is 35.9 Å². The number of hydrogen-bond acceptors (Lipinski definition) is 5. The van der Waals surface area contributed by atoms with E-state index in [1.807, 2.05) is 38.1 Å². The lowest BCUT2D eigenvalue weighted by molar-refractivity contribution is -0.149. The van der Waals surface area contributed by atoms with Crippen LogP contribution in [0.2, 0.25) is 0 Å². The van der Waals surface area contributed by atoms with Crippen molar-refractivity contribution in [3.63, 3.8) is 0 Å². The number of cyclic esters (lactones) is 1. The van der Waals surface area contributed by atoms with E-state index < -0.39 is 5.60 Å². The molecule has 1 aromatic carbocycles. The van der Waals surface area contributed by atoms with E-state index in [4.69, 9.17) is 14.2 Å². The maximum absolute atomic E-state index is 12.7. The number of ether oxygens (including phenoxy) is 3. The van der Waals surface area contributed by atoms with E-state index in [1.54, 1.807) is 0 Å². The number of esters is 1. The third-order valence-electron chi connectivity index (χ3n) is 5.82. The van der Waals surface area contributed by atoms with Crippen LogP contribution in [-0.4, -0.2) is 36.3 Å². The Morgan fingerprint density at radius 1 is 1.15 bits per heavy atom. The second kappa shape index (κ2) is 6.82. The van der Waals surface area contributed by atoms with Gasteiger partial charge in [0, 0.05) is 37.7 Å². The molecular formula is C21H27NO5. The second-order valence-corrected chi connectivity index (χ2v) is 8.55. The summed E-state index contributed by atoms with van der Waals surface area (Å²) in [7, 11) is 0. The number of fused-ring (bicyclic) bond motifs is 1. The van der Waals surface area contributed by atoms with Gasteiger partial charge in [0.05, 0.1) is 25.2 Å². The molecule has 146 valence electrons. The van der Waals surface area contributed by atoms with E-state index in [2.05, 4.69) is 5.32 Å². The Hall–Kier alpha value is -2.08. The molecule has 0 unspecified atom stereocenters. The molecule has 6 heteroatoms. The molecule has 1 amide bonds. The smallest absolute Gasteiger partial charge is 0.310 e. The van der Waals surface area contributed by atoms with Crippen LogP contribution in [0.3, 0.4) is 0 Å². The Labute approximate surface area is 159 Å². The summed E-state index contributed by atoms with van der Waals surface area (Å²) in [5.74, 6) is 0.0754. The molecule has 0 bridgehead atoms. The molecule has 27 heavy (non-hydrogen) atoms. The normalized spacial score (nSPS) is 28.1. The standard InChI is InChI=1S/C21H27NO5/c1-20(2)12-14(19(24)27-20)11-18(23)22-16-13-21(7-9-25-10-8-21)26-17-6-4-3-5-15(16)17/h3-6,14,16H,7-13H2,1-2H3,(H,22,23)/t14-,16-/m1/s1. The minimum Gasteiger partial charge on any atom is -0.487 e. The number of carbonyl (C=O) groups is 2. The van der Waals surface area contributed by atoms with Crippen molar-refractivity contribution in [3.8, 4) is 5.75 Å². The first-order valence-electron chi connectivity index (χ1n) is 9.74. The van der Waals surface area contributed by atoms with Crippen molar-refractivity contribution in [1.29, 1.82) is 0 Å². The number of nitrogens with one attached hydrogen (secondary N) is 1. The fourth-order valence-electron chi connectivity index (χ4n) is 4.50. The van der Waals surface area contributed by atoms with Gasteiger partial charge in [0.25, 0.3) is 0 Å². The van der Waals surface area contributed by atoms with Gasteiger partial charge in [-0.2, -0.15) is 0 Å². The van der Waals surface area contributed by atoms with Crippen molar-refractivity contribution in [3.05, 3.63) is 29.8 Å². The van der Waals surface area contributed by atoms with Gasteiger partial charge in [0.1, 0.15) is 17.0 Å². The van der Waals surface area contributed by atoms with Crippen molar-refractivity contribution in [2.45, 2.75) is 63.2 Å². The van der Waals surface area contributed by atoms with Gasteiger partial charge in [0.2, 0.25) is 5.91 Å². The van der Waals surface area contributed by atoms with Crippen molar-refractivity contribution in [2.75, 3.05) is 13.2 Å². The number of carbonyl (C=O) groups excluding carboxylic acids is 2. The number of amides is 1. The van der Waals surface area contributed by atoms with Crippen LogP contribution in [0.5, 0.6) is 5.75 Å². The molecular weight excluding hydrogens is 346 g/mol. The maximum atomic E-state index is 12.7. The van der Waals surface area contributed by atoms with Crippen LogP contribution in [0, 0.1) is 5.92 Å². The lowest BCUT2D eigenvalue weighted by atomic mass is 9.82. The van der Waals surface area contributed by atoms with Gasteiger partial charge < -0.3 is 19.5 Å². The summed E-state index contributed by atoms with van der Waals surface area (Å²) >= 11 is 0. The number of para-hydroxylation sites is 1. The highest BCUT2D eigenvalue weighted by atomic mass is 16.6. The molecule has 2 fully saturated rings. The average Bonchev–Trinajstić information content (AvgIpc) is 2.87. The van der Waals surface area contributed by atoms with Gasteiger partial charge in [-0.05, 0) is 19.9 Å². The summed E-state index contributed by atoms with van der Waals surface area (Å²) < 4.78 is 17.2. The molecule has 0 radical (unpaired) electrons. The summed E-state index contributed by atoms with van der Waals surface area (Å²) in [5.41, 5.74) is 0.218. The fourth-order valence-corrected chi connectivity index (χ4v) is 4.50. The van der Waals surface area contributed by atoms with Crippen LogP contribution >= 0.6 is 0 Å². The van der Waals surface area contributed by atoms with E-state index in [0.717, 1.165) is 30.6 Å². The maximum Gasteiger partial charge on any atom is 0.310 e. The molecule has 4 rings (SSSR count). The van der Waals surface area contributed by atoms with Gasteiger partial charge in [-0.3, -0.25) is 9.59 Å². The van der Waals surface area contributed by atoms with Crippen LogP contribution in [0.15, 0.2) is 24.3 Å². The molecule has 1 spiro atoms. The minimum atomic E-state index is -0.487. The van der Waals surface area contributed by atoms with E-state index in [0.29, 0.717) is 19.6 Å². The fraction of sp³-hybridized carbons (Fsp3) is 0.619. The van der Waals surface area contributed by atoms with Crippen LogP contribution in [0.25, 0.3) is 0 Å². The quantitative estimate of drug-likeness (QED) is 0.825. The van der Waals surface area contributed by atoms with E-state index in [9.17, 15) is 9.59 Å². The van der Waals surface area contributed by atoms with E-state index in [1.165, 1.54) is 0 Å². The highest BCUT2D eigenvalue weighted by molar-refractivity contribution is 5.84. The lowest BCUT2D eigenvalue weighted by Crippen LogP contribution is -2.48. The van der Waals surface area contributed by atoms with Crippen LogP contribution in [0.4, 0.5) is 0 Å². The van der Waals surface area contributed by atoms with Gasteiger partial charge in [-0.25, -0.2) is 0 Å². The highest BCUT2D eigenvalue weighted by Gasteiger charge is 2.44. The van der Waals surface area contributed by atoms with Crippen molar-refractivity contribution >= 4 is 11.9 Å². The first kappa shape index (κ1) is 18.3. The molecule has 3 heterocycles. The van der Waals surface area contributed by atoms with E-state index >= 15 is 0 Å². The monoisotopic (exact) mass is 373 g/mol. The third kappa shape index (κ3) is 3.81. The van der Waals surface area contributed by atoms with Gasteiger partial charge in [0.15, 0.2) is 0 Å². The Balaban J connectivity index is 1.48. The first-order valence-corrected chi connectivity index (χ1v) is 9.74. The van der Waals surface area contributed by atoms with Crippen LogP contribution < -0.4 is 10.1 Å². The van der Waals surface area contributed by atoms with Crippen molar-refractivity contribution in [2.24, 2.45) is 5.92 Å². The number of hydrogen-bond donors (Lipinski definition) is 1. The zero-order valence-corrected chi connectivity index (χ0v) is 16.0. The van der Waals surface area contributed by atoms with Crippen molar-refractivity contribution < 1.29 is 23.8 Å². The molecule has 1 N–H and O–H groups in total. The summed E-state index contributed by atoms with van der Waals surface area (Å²) in [4.78, 5) is 24.7. The van der Waals surface area contributed by atoms with Gasteiger partial charge in [-0.1, -0.05) is 18.2 Å². The Morgan fingerprint density at radius 3 is 2.59 bits per heavy atom. The van der Waals surface area contributed by atoms with Crippen LogP contribution in [-0.2, 0) is 19.1 Å². The summed E-state index contributed by atoms with van der Waals surface area (Å²) in [5, 5.41) is 3.15. The second-order valence-electron chi connectivity index (χ2n) is 8.55. The minimum absolute atomic E-state index is 0.112. The molecule has 0 aromatic heterocycles. The molecule has 2 atom stereocenters. The molecule has 2 saturated heterocycles. The predicted molar refractivity (Wildman–Crippen MR) is 98.2 cm³/mol. The summed E-state index contributed by atoms with van der Waals surface area (Å²) in [6.07, 6.45) is 3.09. The average molecular weight is 373 g/mol. The van der Waals surface area contributed by atoms with Crippen molar-refractivity contribution in [1.82, 2.24) is 5.32 Å². The third-order valence-corrected chi connectivity index (χ3v) is 5.82. The number of rotatable bonds is 3. The predicted octanol–water partition coefficient (Wildman–Crippen LogP) is 2.91. The number of benzene rings is 1. The van der Waals surface area contributed by atoms with Crippen LogP contribution in [0.1, 0.15) is 57.6 Å². The first-order chi connectivity index (χ1) is 12.9. The Kier molecular flexibility index (Phi) is 4.62. The molecule has 0 aliphatic carbocycles. The molecule has 3 aliphatic heterocycles. The molecule has 1 aromatic rings. The summed E-state index contributed by atoms with van der Waals surface area (Å²) in [6, 6.07) is 7.75. The zero-order valence-electron chi connectivity index (χ0n) is 16.0. The Morgan fingerprint density at radius 2 is 1.89 bits per heavy atom. The largest absolute Gasteiger partial charge is 0.487 e. The Bertz CT molecular complexity index is 738. The molecule has 6 nitrogen and oxygen atoms in total.